The third-order valence-electron chi connectivity index (χ3n) is 5.57. The van der Waals surface area contributed by atoms with Crippen LogP contribution in [0.3, 0.4) is 0 Å². The molecule has 1 saturated heterocycles. The Kier molecular flexibility index (Phi) is 3.90. The van der Waals surface area contributed by atoms with Crippen molar-refractivity contribution < 1.29 is 0 Å². The Morgan fingerprint density at radius 1 is 1.21 bits per heavy atom. The van der Waals surface area contributed by atoms with Crippen molar-refractivity contribution in [2.75, 3.05) is 19.6 Å². The summed E-state index contributed by atoms with van der Waals surface area (Å²) in [4.78, 5) is 6.98. The number of nitrogens with zero attached hydrogens (tertiary/aromatic N) is 2. The molecule has 1 unspecified atom stereocenters. The van der Waals surface area contributed by atoms with Crippen LogP contribution in [-0.2, 0) is 6.54 Å². The molecule has 0 spiro atoms. The van der Waals surface area contributed by atoms with Crippen molar-refractivity contribution in [3.8, 4) is 0 Å². The molecule has 0 aromatic heterocycles. The number of nitrogens with two attached hydrogens (primary N) is 2. The van der Waals surface area contributed by atoms with E-state index < -0.39 is 5.54 Å². The first-order valence-electron chi connectivity index (χ1n) is 8.71. The van der Waals surface area contributed by atoms with Crippen LogP contribution in [0.15, 0.2) is 58.9 Å². The average Bonchev–Trinajstić information content (AvgIpc) is 3.10. The van der Waals surface area contributed by atoms with Gasteiger partial charge in [0.05, 0.1) is 12.1 Å². The number of piperidine rings is 1. The van der Waals surface area contributed by atoms with Crippen LogP contribution >= 0.6 is 0 Å². The van der Waals surface area contributed by atoms with Crippen molar-refractivity contribution in [3.63, 3.8) is 0 Å². The van der Waals surface area contributed by atoms with Gasteiger partial charge in [-0.05, 0) is 37.4 Å². The van der Waals surface area contributed by atoms with Gasteiger partial charge in [-0.1, -0.05) is 36.4 Å². The average molecular weight is 323 g/mol. The van der Waals surface area contributed by atoms with Crippen molar-refractivity contribution in [1.29, 1.82) is 0 Å². The molecular weight excluding hydrogens is 298 g/mol. The van der Waals surface area contributed by atoms with Gasteiger partial charge >= 0.3 is 0 Å². The lowest BCUT2D eigenvalue weighted by molar-refractivity contribution is 0.149. The van der Waals surface area contributed by atoms with Crippen molar-refractivity contribution >= 4 is 5.84 Å². The van der Waals surface area contributed by atoms with Crippen molar-refractivity contribution in [2.45, 2.75) is 24.9 Å². The van der Waals surface area contributed by atoms with Gasteiger partial charge in [-0.2, -0.15) is 0 Å². The standard InChI is InChI=1S/C19H25N5/c20-17-12-23-18-16(6-9-22-18)19(17,21)15-7-10-24(11-8-15)13-14-4-2-1-3-5-14/h1-6,12,15H,7-11,13,20-21H2,(H,22,23). The fourth-order valence-corrected chi connectivity index (χ4v) is 4.16. The molecule has 0 aliphatic carbocycles. The predicted molar refractivity (Wildman–Crippen MR) is 97.2 cm³/mol. The smallest absolute Gasteiger partial charge is 0.130 e. The zero-order chi connectivity index (χ0) is 16.6. The lowest BCUT2D eigenvalue weighted by Crippen LogP contribution is -2.60. The highest BCUT2D eigenvalue weighted by Crippen LogP contribution is 2.38. The number of aliphatic imine (C=N–C) groups is 1. The summed E-state index contributed by atoms with van der Waals surface area (Å²) in [6.45, 7) is 3.82. The SMILES string of the molecule is NC1=CNC2=NCC=C2C1(N)C1CCN(Cc2ccccc2)CC1. The molecule has 1 aromatic carbocycles. The van der Waals surface area contributed by atoms with E-state index in [-0.39, 0.29) is 0 Å². The number of benzene rings is 1. The van der Waals surface area contributed by atoms with Gasteiger partial charge in [0.25, 0.3) is 0 Å². The summed E-state index contributed by atoms with van der Waals surface area (Å²) in [6, 6.07) is 10.6. The Morgan fingerprint density at radius 3 is 2.71 bits per heavy atom. The molecule has 0 bridgehead atoms. The Bertz CT molecular complexity index is 698. The molecule has 3 aliphatic rings. The third kappa shape index (κ3) is 2.54. The Hall–Kier alpha value is -2.11. The molecule has 1 aromatic rings. The molecule has 0 saturated carbocycles. The van der Waals surface area contributed by atoms with E-state index in [0.29, 0.717) is 12.5 Å². The largest absolute Gasteiger partial charge is 0.399 e. The minimum atomic E-state index is -0.570. The van der Waals surface area contributed by atoms with E-state index in [4.69, 9.17) is 11.5 Å². The maximum atomic E-state index is 6.86. The fraction of sp³-hybridized carbons (Fsp3) is 0.421. The second-order valence-electron chi connectivity index (χ2n) is 6.96. The Balaban J connectivity index is 1.46. The maximum absolute atomic E-state index is 6.86. The normalized spacial score (nSPS) is 27.8. The van der Waals surface area contributed by atoms with E-state index in [1.54, 1.807) is 0 Å². The molecule has 0 radical (unpaired) electrons. The molecule has 0 amide bonds. The summed E-state index contributed by atoms with van der Waals surface area (Å²) in [5, 5.41) is 3.17. The zero-order valence-electron chi connectivity index (χ0n) is 13.9. The van der Waals surface area contributed by atoms with E-state index in [9.17, 15) is 0 Å². The quantitative estimate of drug-likeness (QED) is 0.784. The molecule has 5 nitrogen and oxygen atoms in total. The zero-order valence-corrected chi connectivity index (χ0v) is 13.9. The fourth-order valence-electron chi connectivity index (χ4n) is 4.16. The van der Waals surface area contributed by atoms with E-state index in [1.807, 2.05) is 6.20 Å². The van der Waals surface area contributed by atoms with Gasteiger partial charge in [-0.15, -0.1) is 0 Å². The number of fused-ring (bicyclic) bond motifs is 1. The van der Waals surface area contributed by atoms with E-state index in [2.05, 4.69) is 51.6 Å². The van der Waals surface area contributed by atoms with Crippen molar-refractivity contribution in [3.05, 3.63) is 59.4 Å². The second-order valence-corrected chi connectivity index (χ2v) is 6.96. The molecule has 1 atom stereocenters. The lowest BCUT2D eigenvalue weighted by Gasteiger charge is -2.45. The molecule has 1 fully saturated rings. The summed E-state index contributed by atoms with van der Waals surface area (Å²) in [7, 11) is 0. The number of likely N-dealkylation sites (tertiary alicyclic amines) is 1. The molecule has 4 rings (SSSR count). The Labute approximate surface area is 143 Å². The summed E-state index contributed by atoms with van der Waals surface area (Å²) < 4.78 is 0. The van der Waals surface area contributed by atoms with E-state index in [1.165, 1.54) is 5.56 Å². The van der Waals surface area contributed by atoms with Gasteiger partial charge in [-0.3, -0.25) is 9.89 Å². The minimum Gasteiger partial charge on any atom is -0.399 e. The number of hydrogen-bond acceptors (Lipinski definition) is 5. The third-order valence-corrected chi connectivity index (χ3v) is 5.57. The molecule has 3 heterocycles. The van der Waals surface area contributed by atoms with E-state index >= 15 is 0 Å². The summed E-state index contributed by atoms with van der Waals surface area (Å²) >= 11 is 0. The van der Waals surface area contributed by atoms with Crippen LogP contribution in [0.2, 0.25) is 0 Å². The van der Waals surface area contributed by atoms with Gasteiger partial charge in [0.2, 0.25) is 0 Å². The topological polar surface area (TPSA) is 79.7 Å². The highest BCUT2D eigenvalue weighted by Gasteiger charge is 2.46. The molecule has 24 heavy (non-hydrogen) atoms. The number of amidine groups is 1. The van der Waals surface area contributed by atoms with Gasteiger partial charge in [0.15, 0.2) is 0 Å². The Morgan fingerprint density at radius 2 is 1.96 bits per heavy atom. The van der Waals surface area contributed by atoms with Gasteiger partial charge in [0, 0.05) is 24.0 Å². The van der Waals surface area contributed by atoms with Crippen LogP contribution in [0.25, 0.3) is 0 Å². The first-order valence-corrected chi connectivity index (χ1v) is 8.71. The number of rotatable bonds is 3. The van der Waals surface area contributed by atoms with Crippen LogP contribution < -0.4 is 16.8 Å². The van der Waals surface area contributed by atoms with Gasteiger partial charge in [-0.25, -0.2) is 0 Å². The molecular formula is C19H25N5. The highest BCUT2D eigenvalue weighted by atomic mass is 15.1. The van der Waals surface area contributed by atoms with Gasteiger partial charge in [0.1, 0.15) is 5.84 Å². The van der Waals surface area contributed by atoms with E-state index in [0.717, 1.165) is 49.6 Å². The van der Waals surface area contributed by atoms with Crippen LogP contribution in [0.5, 0.6) is 0 Å². The molecule has 126 valence electrons. The van der Waals surface area contributed by atoms with Crippen LogP contribution in [0.1, 0.15) is 18.4 Å². The first kappa shape index (κ1) is 15.4. The lowest BCUT2D eigenvalue weighted by atomic mass is 9.70. The van der Waals surface area contributed by atoms with Crippen molar-refractivity contribution in [1.82, 2.24) is 10.2 Å². The van der Waals surface area contributed by atoms with Crippen LogP contribution in [0, 0.1) is 5.92 Å². The molecule has 3 aliphatic heterocycles. The van der Waals surface area contributed by atoms with Crippen LogP contribution in [0.4, 0.5) is 0 Å². The molecule has 5 N–H and O–H groups in total. The highest BCUT2D eigenvalue weighted by molar-refractivity contribution is 6.04. The van der Waals surface area contributed by atoms with Crippen molar-refractivity contribution in [2.24, 2.45) is 22.4 Å². The summed E-state index contributed by atoms with van der Waals surface area (Å²) in [6.07, 6.45) is 6.07. The monoisotopic (exact) mass is 323 g/mol. The second kappa shape index (κ2) is 6.07. The predicted octanol–water partition coefficient (Wildman–Crippen LogP) is 1.34. The maximum Gasteiger partial charge on any atom is 0.130 e. The number of nitrogens with one attached hydrogen (secondary N) is 1. The summed E-state index contributed by atoms with van der Waals surface area (Å²) in [5.74, 6) is 1.26. The number of hydrogen-bond donors (Lipinski definition) is 3. The summed E-state index contributed by atoms with van der Waals surface area (Å²) in [5.41, 5.74) is 15.8. The molecule has 5 heteroatoms. The minimum absolute atomic E-state index is 0.359. The first-order chi connectivity index (χ1) is 11.7. The van der Waals surface area contributed by atoms with Crippen LogP contribution in [-0.4, -0.2) is 35.9 Å². The van der Waals surface area contributed by atoms with Gasteiger partial charge < -0.3 is 16.8 Å².